The molecule has 0 unspecified atom stereocenters. The van der Waals surface area contributed by atoms with Crippen LogP contribution in [0.4, 0.5) is 0 Å². The number of hydrogen-bond donors (Lipinski definition) is 2. The molecular weight excluding hydrogens is 242 g/mol. The van der Waals surface area contributed by atoms with Crippen molar-refractivity contribution in [3.63, 3.8) is 0 Å². The van der Waals surface area contributed by atoms with Gasteiger partial charge in [-0.25, -0.2) is 13.6 Å². The third-order valence-electron chi connectivity index (χ3n) is 2.96. The summed E-state index contributed by atoms with van der Waals surface area (Å²) in [5, 5.41) is 7.86. The van der Waals surface area contributed by atoms with E-state index in [0.717, 1.165) is 12.8 Å². The SMILES string of the molecule is Cn1cc(S(N)(=O)=O)cc1C(=O)NC1(C)CC1. The van der Waals surface area contributed by atoms with Gasteiger partial charge in [-0.2, -0.15) is 0 Å². The smallest absolute Gasteiger partial charge is 0.268 e. The fourth-order valence-corrected chi connectivity index (χ4v) is 2.15. The summed E-state index contributed by atoms with van der Waals surface area (Å²) in [5.41, 5.74) is 0.158. The van der Waals surface area contributed by atoms with E-state index in [4.69, 9.17) is 5.14 Å². The Balaban J connectivity index is 2.27. The van der Waals surface area contributed by atoms with Gasteiger partial charge in [-0.05, 0) is 25.8 Å². The van der Waals surface area contributed by atoms with Crippen molar-refractivity contribution < 1.29 is 13.2 Å². The normalized spacial score (nSPS) is 17.8. The standard InChI is InChI=1S/C10H15N3O3S/c1-10(3-4-10)12-9(14)8-5-7(6-13(8)2)17(11,15)16/h5-6H,3-4H2,1-2H3,(H,12,14)(H2,11,15,16). The van der Waals surface area contributed by atoms with Gasteiger partial charge in [0.15, 0.2) is 0 Å². The molecule has 0 aromatic carbocycles. The first kappa shape index (κ1) is 12.1. The number of nitrogens with two attached hydrogens (primary N) is 1. The van der Waals surface area contributed by atoms with Crippen LogP contribution < -0.4 is 10.5 Å². The van der Waals surface area contributed by atoms with E-state index in [1.54, 1.807) is 7.05 Å². The van der Waals surface area contributed by atoms with Gasteiger partial charge in [0.1, 0.15) is 10.6 Å². The first-order chi connectivity index (χ1) is 7.71. The van der Waals surface area contributed by atoms with Crippen molar-refractivity contribution in [3.8, 4) is 0 Å². The number of carbonyl (C=O) groups is 1. The van der Waals surface area contributed by atoms with Crippen LogP contribution in [0, 0.1) is 0 Å². The average Bonchev–Trinajstić information content (AvgIpc) is 2.75. The summed E-state index contributed by atoms with van der Waals surface area (Å²) in [7, 11) is -2.16. The maximum atomic E-state index is 11.9. The lowest BCUT2D eigenvalue weighted by Gasteiger charge is -2.11. The van der Waals surface area contributed by atoms with E-state index in [9.17, 15) is 13.2 Å². The number of sulfonamides is 1. The molecule has 2 rings (SSSR count). The quantitative estimate of drug-likeness (QED) is 0.795. The molecule has 3 N–H and O–H groups in total. The predicted molar refractivity (Wildman–Crippen MR) is 61.9 cm³/mol. The van der Waals surface area contributed by atoms with Gasteiger partial charge in [-0.1, -0.05) is 0 Å². The molecule has 1 saturated carbocycles. The van der Waals surface area contributed by atoms with Crippen LogP contribution in [0.25, 0.3) is 0 Å². The highest BCUT2D eigenvalue weighted by Crippen LogP contribution is 2.34. The van der Waals surface area contributed by atoms with E-state index in [1.807, 2.05) is 6.92 Å². The van der Waals surface area contributed by atoms with Gasteiger partial charge in [0, 0.05) is 18.8 Å². The largest absolute Gasteiger partial charge is 0.346 e. The molecule has 7 heteroatoms. The van der Waals surface area contributed by atoms with Crippen molar-refractivity contribution in [1.29, 1.82) is 0 Å². The minimum Gasteiger partial charge on any atom is -0.346 e. The summed E-state index contributed by atoms with van der Waals surface area (Å²) in [5.74, 6) is -0.276. The molecule has 0 radical (unpaired) electrons. The highest BCUT2D eigenvalue weighted by atomic mass is 32.2. The van der Waals surface area contributed by atoms with Gasteiger partial charge in [-0.15, -0.1) is 0 Å². The third-order valence-corrected chi connectivity index (χ3v) is 3.84. The summed E-state index contributed by atoms with van der Waals surface area (Å²) in [4.78, 5) is 11.8. The minimum atomic E-state index is -3.77. The molecule has 1 aromatic heterocycles. The molecule has 94 valence electrons. The van der Waals surface area contributed by atoms with Crippen molar-refractivity contribution >= 4 is 15.9 Å². The maximum Gasteiger partial charge on any atom is 0.268 e. The third kappa shape index (κ3) is 2.50. The number of nitrogens with one attached hydrogen (secondary N) is 1. The molecule has 0 atom stereocenters. The number of aryl methyl sites for hydroxylation is 1. The minimum absolute atomic E-state index is 0.0499. The Bertz CT molecular complexity index is 570. The van der Waals surface area contributed by atoms with Crippen LogP contribution in [0.2, 0.25) is 0 Å². The summed E-state index contributed by atoms with van der Waals surface area (Å²) in [6.45, 7) is 1.95. The monoisotopic (exact) mass is 257 g/mol. The van der Waals surface area contributed by atoms with E-state index in [0.29, 0.717) is 5.69 Å². The second-order valence-corrected chi connectivity index (χ2v) is 6.29. The van der Waals surface area contributed by atoms with E-state index < -0.39 is 10.0 Å². The average molecular weight is 257 g/mol. The molecule has 1 aliphatic carbocycles. The second kappa shape index (κ2) is 3.58. The van der Waals surface area contributed by atoms with E-state index in [2.05, 4.69) is 5.32 Å². The molecule has 1 amide bonds. The van der Waals surface area contributed by atoms with Gasteiger partial charge >= 0.3 is 0 Å². The van der Waals surface area contributed by atoms with E-state index >= 15 is 0 Å². The van der Waals surface area contributed by atoms with Crippen LogP contribution in [0.3, 0.4) is 0 Å². The highest BCUT2D eigenvalue weighted by Gasteiger charge is 2.39. The van der Waals surface area contributed by atoms with Crippen LogP contribution in [0.1, 0.15) is 30.3 Å². The van der Waals surface area contributed by atoms with Crippen LogP contribution >= 0.6 is 0 Å². The lowest BCUT2D eigenvalue weighted by Crippen LogP contribution is -2.35. The van der Waals surface area contributed by atoms with Crippen molar-refractivity contribution in [2.75, 3.05) is 0 Å². The van der Waals surface area contributed by atoms with Crippen molar-refractivity contribution in [1.82, 2.24) is 9.88 Å². The van der Waals surface area contributed by atoms with E-state index in [-0.39, 0.29) is 16.3 Å². The molecule has 0 spiro atoms. The van der Waals surface area contributed by atoms with E-state index in [1.165, 1.54) is 16.8 Å². The summed E-state index contributed by atoms with van der Waals surface area (Å²) >= 11 is 0. The Morgan fingerprint density at radius 1 is 1.53 bits per heavy atom. The van der Waals surface area contributed by atoms with Crippen LogP contribution in [0.5, 0.6) is 0 Å². The zero-order valence-electron chi connectivity index (χ0n) is 9.73. The number of carbonyl (C=O) groups excluding carboxylic acids is 1. The molecule has 0 aliphatic heterocycles. The number of rotatable bonds is 3. The Hall–Kier alpha value is -1.34. The molecular formula is C10H15N3O3S. The van der Waals surface area contributed by atoms with Gasteiger partial charge < -0.3 is 9.88 Å². The summed E-state index contributed by atoms with van der Waals surface area (Å²) < 4.78 is 23.8. The Morgan fingerprint density at radius 2 is 2.12 bits per heavy atom. The fraction of sp³-hybridized carbons (Fsp3) is 0.500. The number of hydrogen-bond acceptors (Lipinski definition) is 3. The number of amides is 1. The summed E-state index contributed by atoms with van der Waals surface area (Å²) in [6, 6.07) is 1.29. The first-order valence-corrected chi connectivity index (χ1v) is 6.78. The topological polar surface area (TPSA) is 94.2 Å². The highest BCUT2D eigenvalue weighted by molar-refractivity contribution is 7.89. The van der Waals surface area contributed by atoms with Gasteiger partial charge in [0.25, 0.3) is 5.91 Å². The molecule has 1 fully saturated rings. The van der Waals surface area contributed by atoms with Gasteiger partial charge in [-0.3, -0.25) is 4.79 Å². The first-order valence-electron chi connectivity index (χ1n) is 5.23. The zero-order valence-corrected chi connectivity index (χ0v) is 10.5. The lowest BCUT2D eigenvalue weighted by molar-refractivity contribution is 0.0927. The molecule has 6 nitrogen and oxygen atoms in total. The Kier molecular flexibility index (Phi) is 2.55. The molecule has 17 heavy (non-hydrogen) atoms. The van der Waals surface area contributed by atoms with Crippen molar-refractivity contribution in [2.45, 2.75) is 30.2 Å². The Morgan fingerprint density at radius 3 is 2.53 bits per heavy atom. The van der Waals surface area contributed by atoms with Crippen LogP contribution in [0.15, 0.2) is 17.2 Å². The molecule has 1 aromatic rings. The van der Waals surface area contributed by atoms with Crippen molar-refractivity contribution in [3.05, 3.63) is 18.0 Å². The molecule has 0 bridgehead atoms. The fourth-order valence-electron chi connectivity index (χ4n) is 1.57. The number of nitrogens with zero attached hydrogens (tertiary/aromatic N) is 1. The maximum absolute atomic E-state index is 11.9. The van der Waals surface area contributed by atoms with Crippen molar-refractivity contribution in [2.24, 2.45) is 12.2 Å². The molecule has 1 heterocycles. The zero-order chi connectivity index (χ0) is 12.8. The predicted octanol–water partition coefficient (Wildman–Crippen LogP) is -0.0452. The van der Waals surface area contributed by atoms with Crippen LogP contribution in [-0.4, -0.2) is 24.4 Å². The Labute approximate surface area is 99.8 Å². The van der Waals surface area contributed by atoms with Gasteiger partial charge in [0.05, 0.1) is 0 Å². The number of aromatic nitrogens is 1. The van der Waals surface area contributed by atoms with Gasteiger partial charge in [0.2, 0.25) is 10.0 Å². The number of primary sulfonamides is 1. The summed E-state index contributed by atoms with van der Waals surface area (Å²) in [6.07, 6.45) is 3.23. The van der Waals surface area contributed by atoms with Crippen LogP contribution in [-0.2, 0) is 17.1 Å². The lowest BCUT2D eigenvalue weighted by atomic mass is 10.3. The second-order valence-electron chi connectivity index (χ2n) is 4.73. The molecule has 1 aliphatic rings. The molecule has 0 saturated heterocycles.